The standard InChI is InChI=1S/C13H19NO2/c1-5-12(14-10(3)15)11-6-7-13(16-4)9(2)8-11/h6-8,12H,5H2,1-4H3,(H,14,15)/t12-/m0/s1. The fourth-order valence-corrected chi connectivity index (χ4v) is 1.78. The first-order chi connectivity index (χ1) is 7.58. The van der Waals surface area contributed by atoms with Gasteiger partial charge in [0.1, 0.15) is 5.75 Å². The molecular formula is C13H19NO2. The highest BCUT2D eigenvalue weighted by Crippen LogP contribution is 2.24. The highest BCUT2D eigenvalue weighted by Gasteiger charge is 2.11. The maximum atomic E-state index is 11.1. The van der Waals surface area contributed by atoms with Crippen LogP contribution in [0.5, 0.6) is 5.75 Å². The molecular weight excluding hydrogens is 202 g/mol. The van der Waals surface area contributed by atoms with Crippen LogP contribution in [0.25, 0.3) is 0 Å². The zero-order valence-corrected chi connectivity index (χ0v) is 10.3. The minimum atomic E-state index is 0.000297. The van der Waals surface area contributed by atoms with Gasteiger partial charge in [-0.2, -0.15) is 0 Å². The summed E-state index contributed by atoms with van der Waals surface area (Å²) in [6.45, 7) is 5.60. The Morgan fingerprint density at radius 3 is 2.62 bits per heavy atom. The third kappa shape index (κ3) is 2.99. The number of methoxy groups -OCH3 is 1. The average molecular weight is 221 g/mol. The Labute approximate surface area is 96.8 Å². The van der Waals surface area contributed by atoms with Crippen LogP contribution in [0.4, 0.5) is 0 Å². The Kier molecular flexibility index (Phi) is 4.35. The number of rotatable bonds is 4. The maximum absolute atomic E-state index is 11.1. The molecule has 88 valence electrons. The number of nitrogens with one attached hydrogen (secondary N) is 1. The summed E-state index contributed by atoms with van der Waals surface area (Å²) in [5, 5.41) is 2.93. The van der Waals surface area contributed by atoms with E-state index >= 15 is 0 Å². The number of hydrogen-bond donors (Lipinski definition) is 1. The van der Waals surface area contributed by atoms with E-state index in [1.165, 1.54) is 0 Å². The summed E-state index contributed by atoms with van der Waals surface area (Å²) in [6, 6.07) is 6.08. The van der Waals surface area contributed by atoms with Gasteiger partial charge in [-0.1, -0.05) is 19.1 Å². The van der Waals surface area contributed by atoms with Crippen molar-refractivity contribution < 1.29 is 9.53 Å². The Balaban J connectivity index is 2.93. The molecule has 1 aromatic carbocycles. The number of carbonyl (C=O) groups is 1. The predicted molar refractivity (Wildman–Crippen MR) is 64.6 cm³/mol. The van der Waals surface area contributed by atoms with Crippen molar-refractivity contribution in [3.63, 3.8) is 0 Å². The normalized spacial score (nSPS) is 12.0. The topological polar surface area (TPSA) is 38.3 Å². The molecule has 1 atom stereocenters. The molecule has 0 fully saturated rings. The zero-order valence-electron chi connectivity index (χ0n) is 10.3. The SMILES string of the molecule is CC[C@H](NC(C)=O)c1ccc(OC)c(C)c1. The van der Waals surface area contributed by atoms with Gasteiger partial charge in [-0.25, -0.2) is 0 Å². The summed E-state index contributed by atoms with van der Waals surface area (Å²) in [6.07, 6.45) is 0.880. The first-order valence-corrected chi connectivity index (χ1v) is 5.50. The molecule has 3 heteroatoms. The molecule has 0 heterocycles. The molecule has 0 radical (unpaired) electrons. The molecule has 0 aromatic heterocycles. The molecule has 0 aliphatic carbocycles. The van der Waals surface area contributed by atoms with Crippen LogP contribution in [0.15, 0.2) is 18.2 Å². The number of amides is 1. The third-order valence-corrected chi connectivity index (χ3v) is 2.61. The second-order valence-electron chi connectivity index (χ2n) is 3.89. The van der Waals surface area contributed by atoms with Crippen LogP contribution >= 0.6 is 0 Å². The van der Waals surface area contributed by atoms with E-state index in [2.05, 4.69) is 18.3 Å². The van der Waals surface area contributed by atoms with Crippen molar-refractivity contribution in [2.24, 2.45) is 0 Å². The van der Waals surface area contributed by atoms with E-state index in [0.29, 0.717) is 0 Å². The van der Waals surface area contributed by atoms with Gasteiger partial charge >= 0.3 is 0 Å². The number of carbonyl (C=O) groups excluding carboxylic acids is 1. The van der Waals surface area contributed by atoms with Crippen LogP contribution in [0.1, 0.15) is 37.4 Å². The van der Waals surface area contributed by atoms with Crippen LogP contribution in [0.2, 0.25) is 0 Å². The molecule has 0 spiro atoms. The van der Waals surface area contributed by atoms with Gasteiger partial charge in [0.2, 0.25) is 5.91 Å². The largest absolute Gasteiger partial charge is 0.496 e. The third-order valence-electron chi connectivity index (χ3n) is 2.61. The lowest BCUT2D eigenvalue weighted by atomic mass is 10.0. The molecule has 1 amide bonds. The Morgan fingerprint density at radius 2 is 2.19 bits per heavy atom. The lowest BCUT2D eigenvalue weighted by Gasteiger charge is -2.17. The van der Waals surface area contributed by atoms with Crippen LogP contribution in [0, 0.1) is 6.92 Å². The molecule has 16 heavy (non-hydrogen) atoms. The summed E-state index contributed by atoms with van der Waals surface area (Å²) in [7, 11) is 1.66. The van der Waals surface area contributed by atoms with Crippen molar-refractivity contribution in [3.05, 3.63) is 29.3 Å². The lowest BCUT2D eigenvalue weighted by molar-refractivity contribution is -0.119. The molecule has 0 aliphatic rings. The molecule has 1 N–H and O–H groups in total. The van der Waals surface area contributed by atoms with Crippen molar-refractivity contribution in [3.8, 4) is 5.75 Å². The zero-order chi connectivity index (χ0) is 12.1. The number of aryl methyl sites for hydroxylation is 1. The van der Waals surface area contributed by atoms with E-state index in [4.69, 9.17) is 4.74 Å². The van der Waals surface area contributed by atoms with Gasteiger partial charge in [-0.15, -0.1) is 0 Å². The first-order valence-electron chi connectivity index (χ1n) is 5.50. The first kappa shape index (κ1) is 12.6. The molecule has 1 rings (SSSR count). The second kappa shape index (κ2) is 5.54. The fraction of sp³-hybridized carbons (Fsp3) is 0.462. The minimum Gasteiger partial charge on any atom is -0.496 e. The molecule has 0 aliphatic heterocycles. The van der Waals surface area contributed by atoms with Crippen LogP contribution < -0.4 is 10.1 Å². The van der Waals surface area contributed by atoms with Gasteiger partial charge in [0.25, 0.3) is 0 Å². The van der Waals surface area contributed by atoms with E-state index in [1.807, 2.05) is 19.1 Å². The molecule has 0 saturated heterocycles. The highest BCUT2D eigenvalue weighted by atomic mass is 16.5. The smallest absolute Gasteiger partial charge is 0.217 e. The van der Waals surface area contributed by atoms with Crippen LogP contribution in [-0.2, 0) is 4.79 Å². The minimum absolute atomic E-state index is 0.000297. The van der Waals surface area contributed by atoms with Crippen molar-refractivity contribution in [1.82, 2.24) is 5.32 Å². The summed E-state index contributed by atoms with van der Waals surface area (Å²) in [5.41, 5.74) is 2.21. The Bertz CT molecular complexity index is 374. The quantitative estimate of drug-likeness (QED) is 0.848. The van der Waals surface area contributed by atoms with Crippen molar-refractivity contribution >= 4 is 5.91 Å². The summed E-state index contributed by atoms with van der Waals surface area (Å²) >= 11 is 0. The van der Waals surface area contributed by atoms with Crippen molar-refractivity contribution in [2.45, 2.75) is 33.2 Å². The second-order valence-corrected chi connectivity index (χ2v) is 3.89. The molecule has 0 unspecified atom stereocenters. The van der Waals surface area contributed by atoms with Gasteiger partial charge in [-0.05, 0) is 30.5 Å². The number of benzene rings is 1. The van der Waals surface area contributed by atoms with Crippen molar-refractivity contribution in [2.75, 3.05) is 7.11 Å². The van der Waals surface area contributed by atoms with E-state index in [-0.39, 0.29) is 11.9 Å². The maximum Gasteiger partial charge on any atom is 0.217 e. The highest BCUT2D eigenvalue weighted by molar-refractivity contribution is 5.73. The summed E-state index contributed by atoms with van der Waals surface area (Å²) < 4.78 is 5.21. The van der Waals surface area contributed by atoms with Crippen LogP contribution in [-0.4, -0.2) is 13.0 Å². The molecule has 0 bridgehead atoms. The van der Waals surface area contributed by atoms with Gasteiger partial charge in [-0.3, -0.25) is 4.79 Å². The fourth-order valence-electron chi connectivity index (χ4n) is 1.78. The van der Waals surface area contributed by atoms with E-state index in [0.717, 1.165) is 23.3 Å². The predicted octanol–water partition coefficient (Wildman–Crippen LogP) is 2.59. The molecule has 3 nitrogen and oxygen atoms in total. The van der Waals surface area contributed by atoms with Gasteiger partial charge in [0.05, 0.1) is 13.2 Å². The number of hydrogen-bond acceptors (Lipinski definition) is 2. The average Bonchev–Trinajstić information content (AvgIpc) is 2.25. The lowest BCUT2D eigenvalue weighted by Crippen LogP contribution is -2.25. The number of ether oxygens (including phenoxy) is 1. The monoisotopic (exact) mass is 221 g/mol. The van der Waals surface area contributed by atoms with Gasteiger partial charge in [0, 0.05) is 6.92 Å². The van der Waals surface area contributed by atoms with Gasteiger partial charge in [0.15, 0.2) is 0 Å². The van der Waals surface area contributed by atoms with E-state index in [1.54, 1.807) is 14.0 Å². The van der Waals surface area contributed by atoms with Crippen molar-refractivity contribution in [1.29, 1.82) is 0 Å². The van der Waals surface area contributed by atoms with Crippen LogP contribution in [0.3, 0.4) is 0 Å². The van der Waals surface area contributed by atoms with Gasteiger partial charge < -0.3 is 10.1 Å². The van der Waals surface area contributed by atoms with E-state index in [9.17, 15) is 4.79 Å². The summed E-state index contributed by atoms with van der Waals surface area (Å²) in [4.78, 5) is 11.1. The Morgan fingerprint density at radius 1 is 1.50 bits per heavy atom. The Hall–Kier alpha value is -1.51. The molecule has 0 saturated carbocycles. The summed E-state index contributed by atoms with van der Waals surface area (Å²) in [5.74, 6) is 0.877. The molecule has 1 aromatic rings. The van der Waals surface area contributed by atoms with E-state index < -0.39 is 0 Å².